The van der Waals surface area contributed by atoms with Gasteiger partial charge in [0.25, 0.3) is 0 Å². The number of esters is 1. The minimum Gasteiger partial charge on any atom is -0.465 e. The summed E-state index contributed by atoms with van der Waals surface area (Å²) in [4.78, 5) is 30.6. The number of hydrogen-bond acceptors (Lipinski definition) is 5. The number of ether oxygens (including phenoxy) is 1. The van der Waals surface area contributed by atoms with Crippen LogP contribution in [-0.4, -0.2) is 45.9 Å². The van der Waals surface area contributed by atoms with Gasteiger partial charge in [-0.15, -0.1) is 11.3 Å². The Kier molecular flexibility index (Phi) is 4.95. The van der Waals surface area contributed by atoms with Crippen LogP contribution >= 0.6 is 11.3 Å². The van der Waals surface area contributed by atoms with Crippen molar-refractivity contribution in [3.8, 4) is 0 Å². The van der Waals surface area contributed by atoms with Crippen molar-refractivity contribution >= 4 is 28.2 Å². The molecule has 2 aromatic rings. The summed E-state index contributed by atoms with van der Waals surface area (Å²) >= 11 is 1.51. The molecule has 2 aromatic heterocycles. The fraction of sp³-hybridized carbons (Fsp3) is 0.500. The summed E-state index contributed by atoms with van der Waals surface area (Å²) in [6, 6.07) is 0. The second-order valence-corrected chi connectivity index (χ2v) is 5.49. The van der Waals surface area contributed by atoms with E-state index in [-0.39, 0.29) is 24.8 Å². The van der Waals surface area contributed by atoms with Crippen LogP contribution in [0.4, 0.5) is 0 Å². The quantitative estimate of drug-likeness (QED) is 0.761. The molecular weight excluding hydrogens is 290 g/mol. The predicted molar refractivity (Wildman–Crippen MR) is 80.4 cm³/mol. The minimum absolute atomic E-state index is 0.000586. The molecule has 114 valence electrons. The zero-order chi connectivity index (χ0) is 15.4. The second-order valence-electron chi connectivity index (χ2n) is 4.65. The Balaban J connectivity index is 2.06. The van der Waals surface area contributed by atoms with Crippen LogP contribution in [0.25, 0.3) is 4.96 Å². The largest absolute Gasteiger partial charge is 0.465 e. The normalized spacial score (nSPS) is 10.8. The van der Waals surface area contributed by atoms with Gasteiger partial charge in [-0.05, 0) is 20.8 Å². The maximum atomic E-state index is 12.3. The van der Waals surface area contributed by atoms with Crippen molar-refractivity contribution in [2.24, 2.45) is 0 Å². The molecule has 7 heteroatoms. The molecule has 0 saturated heterocycles. The van der Waals surface area contributed by atoms with E-state index in [1.165, 1.54) is 16.2 Å². The van der Waals surface area contributed by atoms with Gasteiger partial charge in [0.15, 0.2) is 4.96 Å². The molecule has 0 atom stereocenters. The van der Waals surface area contributed by atoms with Crippen LogP contribution in [0.1, 0.15) is 25.2 Å². The van der Waals surface area contributed by atoms with Gasteiger partial charge in [0.1, 0.15) is 6.54 Å². The highest BCUT2D eigenvalue weighted by Crippen LogP contribution is 2.17. The molecule has 0 N–H and O–H groups in total. The van der Waals surface area contributed by atoms with E-state index >= 15 is 0 Å². The van der Waals surface area contributed by atoms with Crippen molar-refractivity contribution in [1.29, 1.82) is 0 Å². The number of hydrogen-bond donors (Lipinski definition) is 0. The van der Waals surface area contributed by atoms with Gasteiger partial charge in [0.05, 0.1) is 18.7 Å². The average molecular weight is 309 g/mol. The molecule has 2 heterocycles. The summed E-state index contributed by atoms with van der Waals surface area (Å²) in [5.41, 5.74) is 1.82. The van der Waals surface area contributed by atoms with E-state index in [0.29, 0.717) is 13.2 Å². The number of carbonyl (C=O) groups excluding carboxylic acids is 2. The van der Waals surface area contributed by atoms with Gasteiger partial charge in [-0.1, -0.05) is 0 Å². The van der Waals surface area contributed by atoms with Crippen molar-refractivity contribution in [3.05, 3.63) is 23.0 Å². The molecule has 1 amide bonds. The van der Waals surface area contributed by atoms with Gasteiger partial charge in [-0.2, -0.15) is 0 Å². The number of fused-ring (bicyclic) bond motifs is 1. The Bertz CT molecular complexity index is 647. The van der Waals surface area contributed by atoms with Crippen molar-refractivity contribution in [2.45, 2.75) is 27.2 Å². The Labute approximate surface area is 127 Å². The van der Waals surface area contributed by atoms with Crippen molar-refractivity contribution in [1.82, 2.24) is 14.3 Å². The maximum Gasteiger partial charge on any atom is 0.325 e. The predicted octanol–water partition coefficient (Wildman–Crippen LogP) is 1.66. The molecule has 0 aliphatic carbocycles. The van der Waals surface area contributed by atoms with E-state index < -0.39 is 0 Å². The molecule has 0 saturated carbocycles. The molecule has 0 aliphatic heterocycles. The van der Waals surface area contributed by atoms with E-state index in [1.807, 2.05) is 29.8 Å². The molecule has 0 unspecified atom stereocenters. The highest BCUT2D eigenvalue weighted by molar-refractivity contribution is 7.15. The van der Waals surface area contributed by atoms with Gasteiger partial charge in [-0.3, -0.25) is 14.0 Å². The summed E-state index contributed by atoms with van der Waals surface area (Å²) in [5.74, 6) is -0.460. The number of nitrogens with zero attached hydrogens (tertiary/aromatic N) is 3. The fourth-order valence-electron chi connectivity index (χ4n) is 2.07. The lowest BCUT2D eigenvalue weighted by Crippen LogP contribution is -2.37. The topological polar surface area (TPSA) is 63.9 Å². The molecule has 0 radical (unpaired) electrons. The zero-order valence-corrected chi connectivity index (χ0v) is 13.3. The first-order valence-electron chi connectivity index (χ1n) is 6.90. The van der Waals surface area contributed by atoms with Crippen LogP contribution < -0.4 is 0 Å². The van der Waals surface area contributed by atoms with Crippen LogP contribution in [0, 0.1) is 6.92 Å². The molecule has 0 aliphatic rings. The lowest BCUT2D eigenvalue weighted by atomic mass is 10.3. The number of imidazole rings is 1. The molecular formula is C14H19N3O3S. The molecule has 6 nitrogen and oxygen atoms in total. The molecule has 0 aromatic carbocycles. The van der Waals surface area contributed by atoms with Gasteiger partial charge in [0.2, 0.25) is 5.91 Å². The number of amides is 1. The molecule has 0 spiro atoms. The highest BCUT2D eigenvalue weighted by Gasteiger charge is 2.18. The van der Waals surface area contributed by atoms with E-state index in [2.05, 4.69) is 4.98 Å². The van der Waals surface area contributed by atoms with Crippen molar-refractivity contribution in [2.75, 3.05) is 19.7 Å². The smallest absolute Gasteiger partial charge is 0.325 e. The molecule has 2 rings (SSSR count). The molecule has 21 heavy (non-hydrogen) atoms. The lowest BCUT2D eigenvalue weighted by molar-refractivity contribution is -0.148. The SMILES string of the molecule is CCOC(=O)CN(CC)C(=O)Cc1csc2nc(C)cn12. The van der Waals surface area contributed by atoms with Crippen LogP contribution in [0.15, 0.2) is 11.6 Å². The lowest BCUT2D eigenvalue weighted by Gasteiger charge is -2.19. The van der Waals surface area contributed by atoms with E-state index in [1.54, 1.807) is 6.92 Å². The van der Waals surface area contributed by atoms with Crippen LogP contribution in [-0.2, 0) is 20.7 Å². The molecule has 0 fully saturated rings. The summed E-state index contributed by atoms with van der Waals surface area (Å²) in [7, 11) is 0. The van der Waals surface area contributed by atoms with E-state index in [0.717, 1.165) is 16.3 Å². The van der Waals surface area contributed by atoms with Crippen molar-refractivity contribution < 1.29 is 14.3 Å². The van der Waals surface area contributed by atoms with Gasteiger partial charge in [0, 0.05) is 23.8 Å². The van der Waals surface area contributed by atoms with E-state index in [9.17, 15) is 9.59 Å². The highest BCUT2D eigenvalue weighted by atomic mass is 32.1. The number of aryl methyl sites for hydroxylation is 1. The zero-order valence-electron chi connectivity index (χ0n) is 12.5. The number of rotatable bonds is 6. The third kappa shape index (κ3) is 3.60. The summed E-state index contributed by atoms with van der Waals surface area (Å²) in [5, 5.41) is 1.93. The Morgan fingerprint density at radius 1 is 1.43 bits per heavy atom. The first-order chi connectivity index (χ1) is 10.0. The Morgan fingerprint density at radius 3 is 2.86 bits per heavy atom. The average Bonchev–Trinajstić information content (AvgIpc) is 2.97. The summed E-state index contributed by atoms with van der Waals surface area (Å²) in [6.07, 6.45) is 2.17. The standard InChI is InChI=1S/C14H19N3O3S/c1-4-16(8-13(19)20-5-2)12(18)6-11-9-21-14-15-10(3)7-17(11)14/h7,9H,4-6,8H2,1-3H3. The van der Waals surface area contributed by atoms with Crippen molar-refractivity contribution in [3.63, 3.8) is 0 Å². The summed E-state index contributed by atoms with van der Waals surface area (Å²) in [6.45, 7) is 6.32. The number of carbonyl (C=O) groups is 2. The number of likely N-dealkylation sites (N-methyl/N-ethyl adjacent to an activating group) is 1. The third-order valence-corrected chi connectivity index (χ3v) is 3.98. The number of aromatic nitrogens is 2. The van der Waals surface area contributed by atoms with Gasteiger partial charge < -0.3 is 9.64 Å². The molecule has 0 bridgehead atoms. The van der Waals surface area contributed by atoms with Crippen LogP contribution in [0.5, 0.6) is 0 Å². The maximum absolute atomic E-state index is 12.3. The van der Waals surface area contributed by atoms with E-state index in [4.69, 9.17) is 4.74 Å². The monoisotopic (exact) mass is 309 g/mol. The van der Waals surface area contributed by atoms with Gasteiger partial charge >= 0.3 is 5.97 Å². The number of thiazole rings is 1. The minimum atomic E-state index is -0.373. The summed E-state index contributed by atoms with van der Waals surface area (Å²) < 4.78 is 6.81. The van der Waals surface area contributed by atoms with Crippen LogP contribution in [0.3, 0.4) is 0 Å². The Hall–Kier alpha value is -1.89. The van der Waals surface area contributed by atoms with Crippen LogP contribution in [0.2, 0.25) is 0 Å². The Morgan fingerprint density at radius 2 is 2.19 bits per heavy atom. The first-order valence-corrected chi connectivity index (χ1v) is 7.78. The van der Waals surface area contributed by atoms with Gasteiger partial charge in [-0.25, -0.2) is 4.98 Å². The third-order valence-electron chi connectivity index (χ3n) is 3.10. The second kappa shape index (κ2) is 6.71. The fourth-order valence-corrected chi connectivity index (χ4v) is 2.99. The first kappa shape index (κ1) is 15.5.